The maximum atomic E-state index is 6.21. The van der Waals surface area contributed by atoms with E-state index < -0.39 is 11.1 Å². The molecule has 0 N–H and O–H groups in total. The second kappa shape index (κ2) is 29.5. The van der Waals surface area contributed by atoms with Crippen molar-refractivity contribution >= 4 is 68.6 Å². The number of nitrogens with zero attached hydrogens (tertiary/aromatic N) is 8. The van der Waals surface area contributed by atoms with Crippen molar-refractivity contribution in [1.82, 2.24) is 29.5 Å². The molecule has 0 amide bonds. The van der Waals surface area contributed by atoms with Gasteiger partial charge < -0.3 is 38.1 Å². The molecule has 8 aromatic carbocycles. The van der Waals surface area contributed by atoms with Gasteiger partial charge in [-0.1, -0.05) is 182 Å². The highest BCUT2D eigenvalue weighted by Crippen LogP contribution is 2.47. The minimum Gasteiger partial charge on any atom is -0.491 e. The molecule has 0 radical (unpaired) electrons. The molecule has 0 spiro atoms. The van der Waals surface area contributed by atoms with E-state index in [1.54, 1.807) is 0 Å². The van der Waals surface area contributed by atoms with Gasteiger partial charge in [0, 0.05) is 54.9 Å². The van der Waals surface area contributed by atoms with Crippen LogP contribution < -0.4 is 24.7 Å². The van der Waals surface area contributed by atoms with Gasteiger partial charge in [0.25, 0.3) is 0 Å². The van der Waals surface area contributed by atoms with E-state index in [0.29, 0.717) is 13.2 Å². The highest BCUT2D eigenvalue weighted by molar-refractivity contribution is 14.1. The smallest absolute Gasteiger partial charge is 0.491 e. The van der Waals surface area contributed by atoms with E-state index in [0.717, 1.165) is 138 Å². The second-order valence-corrected chi connectivity index (χ2v) is 27.4. The fraction of sp³-hybridized carbons (Fsp3) is 0.268. The van der Waals surface area contributed by atoms with E-state index in [-0.39, 0.29) is 30.5 Å². The maximum Gasteiger partial charge on any atom is 0.495 e. The number of benzene rings is 8. The molecule has 3 aliphatic heterocycles. The highest BCUT2D eigenvalue weighted by Gasteiger charge is 2.52. The Morgan fingerprint density at radius 2 is 0.786 bits per heavy atom. The molecule has 7 heterocycles. The lowest BCUT2D eigenvalue weighted by Crippen LogP contribution is -2.41. The van der Waals surface area contributed by atoms with Gasteiger partial charge in [0.2, 0.25) is 0 Å². The Kier molecular flexibility index (Phi) is 20.3. The predicted molar refractivity (Wildman–Crippen MR) is 402 cm³/mol. The average Bonchev–Trinajstić information content (AvgIpc) is 1.43. The van der Waals surface area contributed by atoms with Crippen molar-refractivity contribution in [3.05, 3.63) is 292 Å². The number of morpholine rings is 2. The Balaban J connectivity index is 0.000000141. The Hall–Kier alpha value is -9.17. The topological polar surface area (TPSA) is 123 Å². The van der Waals surface area contributed by atoms with E-state index in [2.05, 4.69) is 319 Å². The first-order chi connectivity index (χ1) is 47.6. The molecule has 498 valence electrons. The van der Waals surface area contributed by atoms with Crippen LogP contribution in [0.5, 0.6) is 11.5 Å². The van der Waals surface area contributed by atoms with Crippen LogP contribution in [-0.2, 0) is 29.9 Å². The molecule has 14 nitrogen and oxygen atoms in total. The number of anilines is 2. The van der Waals surface area contributed by atoms with E-state index in [1.807, 2.05) is 38.4 Å². The minimum absolute atomic E-state index is 0.0526. The van der Waals surface area contributed by atoms with Crippen molar-refractivity contribution in [2.75, 3.05) is 62.4 Å². The molecule has 98 heavy (non-hydrogen) atoms. The van der Waals surface area contributed by atoms with Crippen molar-refractivity contribution in [2.24, 2.45) is 0 Å². The molecule has 3 fully saturated rings. The minimum atomic E-state index is -0.749. The molecule has 0 unspecified atom stereocenters. The first kappa shape index (κ1) is 67.4. The SMILES string of the molecule is CC(C)Oc1ccc2c(c1)c(-c1ccnc(N3CCOCC3)c1)nn2C(c1ccccc1)(c1ccccc1)c1ccccc1.CC(C)Oc1ccc2c(c1)c(I)nn2C(c1ccccc1)(c1ccccc1)c1ccccc1.CC1(C)OB(c2ccnc(N3CCOCC3)c2)OC1(C)C. The van der Waals surface area contributed by atoms with Gasteiger partial charge in [-0.15, -0.1) is 0 Å². The molecule has 15 rings (SSSR count). The number of pyridine rings is 2. The third-order valence-electron chi connectivity index (χ3n) is 18.8. The number of fused-ring (bicyclic) bond motifs is 2. The summed E-state index contributed by atoms with van der Waals surface area (Å²) in [6, 6.07) is 84.8. The molecule has 3 aliphatic rings. The van der Waals surface area contributed by atoms with Gasteiger partial charge in [-0.3, -0.25) is 0 Å². The van der Waals surface area contributed by atoms with Crippen molar-refractivity contribution in [3.8, 4) is 22.8 Å². The van der Waals surface area contributed by atoms with E-state index in [1.165, 1.54) is 0 Å². The number of halogens is 1. The quantitative estimate of drug-likeness (QED) is 0.0520. The van der Waals surface area contributed by atoms with Gasteiger partial charge in [-0.2, -0.15) is 10.2 Å². The van der Waals surface area contributed by atoms with Crippen LogP contribution in [0.3, 0.4) is 0 Å². The summed E-state index contributed by atoms with van der Waals surface area (Å²) in [4.78, 5) is 13.7. The van der Waals surface area contributed by atoms with Gasteiger partial charge in [0.05, 0.1) is 60.9 Å². The van der Waals surface area contributed by atoms with Gasteiger partial charge >= 0.3 is 7.12 Å². The van der Waals surface area contributed by atoms with Crippen LogP contribution in [0.4, 0.5) is 11.6 Å². The first-order valence-corrected chi connectivity index (χ1v) is 35.0. The molecular weight excluding hydrogens is 1330 g/mol. The summed E-state index contributed by atoms with van der Waals surface area (Å²) in [6.45, 7) is 22.8. The van der Waals surface area contributed by atoms with Crippen LogP contribution in [0.25, 0.3) is 33.1 Å². The summed E-state index contributed by atoms with van der Waals surface area (Å²) in [5.74, 6) is 3.58. The lowest BCUT2D eigenvalue weighted by molar-refractivity contribution is 0.00578. The Morgan fingerprint density at radius 1 is 0.429 bits per heavy atom. The van der Waals surface area contributed by atoms with Crippen LogP contribution in [0, 0.1) is 3.70 Å². The number of rotatable bonds is 16. The molecular formula is C82H84BIN8O6. The largest absolute Gasteiger partial charge is 0.495 e. The molecule has 12 aromatic rings. The molecule has 0 aliphatic carbocycles. The standard InChI is InChI=1S/C38H36N4O2.C29H25IN2O.C15H23BN2O3/c1-28(2)44-33-18-19-35-34(27-33)37(29-20-21-39-36(26-29)41-22-24-43-25-23-41)40-42(35)38(30-12-6-3-7-13-30,31-14-8-4-9-15-31)32-16-10-5-11-17-32;1-21(2)33-25-18-19-27-26(20-25)28(30)31-32(27)29(22-12-6-3-7-13-22,23-14-8-4-9-15-23)24-16-10-5-11-17-24;1-14(2)15(3,4)21-16(20-14)12-5-6-17-13(11-12)18-7-9-19-10-8-18/h3-21,26-28H,22-25H2,1-2H3;3-21H,1-2H3;5-6,11H,7-10H2,1-4H3. The van der Waals surface area contributed by atoms with Crippen molar-refractivity contribution in [1.29, 1.82) is 0 Å². The third-order valence-corrected chi connectivity index (χ3v) is 19.6. The van der Waals surface area contributed by atoms with Crippen LogP contribution >= 0.6 is 22.6 Å². The normalized spacial score (nSPS) is 15.4. The lowest BCUT2D eigenvalue weighted by atomic mass is 9.77. The highest BCUT2D eigenvalue weighted by atomic mass is 127. The third kappa shape index (κ3) is 13.7. The van der Waals surface area contributed by atoms with Crippen molar-refractivity contribution < 1.29 is 28.3 Å². The Labute approximate surface area is 589 Å². The fourth-order valence-electron chi connectivity index (χ4n) is 13.4. The molecule has 0 saturated carbocycles. The van der Waals surface area contributed by atoms with Crippen molar-refractivity contribution in [2.45, 2.75) is 89.9 Å². The summed E-state index contributed by atoms with van der Waals surface area (Å²) in [6.07, 6.45) is 3.88. The molecule has 16 heteroatoms. The average molecular weight is 1420 g/mol. The van der Waals surface area contributed by atoms with E-state index >= 15 is 0 Å². The van der Waals surface area contributed by atoms with Crippen LogP contribution in [0.2, 0.25) is 0 Å². The van der Waals surface area contributed by atoms with E-state index in [9.17, 15) is 0 Å². The van der Waals surface area contributed by atoms with Gasteiger partial charge in [-0.05, 0) is 177 Å². The number of ether oxygens (including phenoxy) is 4. The first-order valence-electron chi connectivity index (χ1n) is 34.0. The summed E-state index contributed by atoms with van der Waals surface area (Å²) in [5.41, 5.74) is 9.82. The maximum absolute atomic E-state index is 6.21. The zero-order chi connectivity index (χ0) is 67.9. The molecule has 0 atom stereocenters. The molecule has 3 saturated heterocycles. The second-order valence-electron chi connectivity index (χ2n) is 26.4. The number of hydrogen-bond donors (Lipinski definition) is 0. The zero-order valence-electron chi connectivity index (χ0n) is 57.0. The van der Waals surface area contributed by atoms with Crippen molar-refractivity contribution in [3.63, 3.8) is 0 Å². The number of hydrogen-bond acceptors (Lipinski definition) is 12. The number of aromatic nitrogens is 6. The van der Waals surface area contributed by atoms with Gasteiger partial charge in [-0.25, -0.2) is 19.3 Å². The summed E-state index contributed by atoms with van der Waals surface area (Å²) >= 11 is 2.34. The van der Waals surface area contributed by atoms with Gasteiger partial charge in [0.1, 0.15) is 43.6 Å². The fourth-order valence-corrected chi connectivity index (χ4v) is 14.1. The predicted octanol–water partition coefficient (Wildman–Crippen LogP) is 16.0. The monoisotopic (exact) mass is 1410 g/mol. The lowest BCUT2D eigenvalue weighted by Gasteiger charge is -2.37. The summed E-state index contributed by atoms with van der Waals surface area (Å²) < 4.78 is 40.7. The van der Waals surface area contributed by atoms with Crippen LogP contribution in [0.15, 0.2) is 255 Å². The zero-order valence-corrected chi connectivity index (χ0v) is 59.2. The van der Waals surface area contributed by atoms with Crippen LogP contribution in [-0.4, -0.2) is 113 Å². The van der Waals surface area contributed by atoms with E-state index in [4.69, 9.17) is 43.4 Å². The van der Waals surface area contributed by atoms with Gasteiger partial charge in [0.15, 0.2) is 0 Å². The molecule has 4 aromatic heterocycles. The summed E-state index contributed by atoms with van der Waals surface area (Å²) in [5, 5.41) is 12.8. The Morgan fingerprint density at radius 3 is 1.18 bits per heavy atom. The van der Waals surface area contributed by atoms with Crippen LogP contribution in [0.1, 0.15) is 88.8 Å². The molecule has 0 bridgehead atoms. The summed E-state index contributed by atoms with van der Waals surface area (Å²) in [7, 11) is -0.335. The Bertz CT molecular complexity index is 4380.